The highest BCUT2D eigenvalue weighted by Gasteiger charge is 1.97. The van der Waals surface area contributed by atoms with Crippen molar-refractivity contribution >= 4 is 18.1 Å². The number of nitrogens with zero attached hydrogens (tertiary/aromatic N) is 2. The molecule has 1 rings (SSSR count). The van der Waals surface area contributed by atoms with Crippen LogP contribution in [0.2, 0.25) is 0 Å². The predicted molar refractivity (Wildman–Crippen MR) is 47.2 cm³/mol. The summed E-state index contributed by atoms with van der Waals surface area (Å²) in [6.07, 6.45) is 2.63. The van der Waals surface area contributed by atoms with Crippen molar-refractivity contribution in [3.05, 3.63) is 22.9 Å². The lowest BCUT2D eigenvalue weighted by Gasteiger charge is -2.01. The van der Waals surface area contributed by atoms with Crippen LogP contribution in [0.15, 0.2) is 17.3 Å². The Morgan fingerprint density at radius 1 is 1.67 bits per heavy atom. The summed E-state index contributed by atoms with van der Waals surface area (Å²) in [6, 6.07) is 0. The Morgan fingerprint density at radius 2 is 2.33 bits per heavy atom. The summed E-state index contributed by atoms with van der Waals surface area (Å²) in [6.45, 7) is 0.141. The molecule has 3 N–H and O–H groups in total. The quantitative estimate of drug-likeness (QED) is 0.644. The number of rotatable bonds is 2. The zero-order chi connectivity index (χ0) is 8.27. The van der Waals surface area contributed by atoms with E-state index in [4.69, 9.17) is 10.8 Å². The number of anilines is 1. The Kier molecular flexibility index (Phi) is 4.31. The Balaban J connectivity index is 0.00000121. The van der Waals surface area contributed by atoms with Gasteiger partial charge in [-0.3, -0.25) is 9.36 Å². The summed E-state index contributed by atoms with van der Waals surface area (Å²) < 4.78 is 1.26. The molecule has 1 aromatic rings. The summed E-state index contributed by atoms with van der Waals surface area (Å²) in [5, 5.41) is 8.51. The van der Waals surface area contributed by atoms with Crippen molar-refractivity contribution in [1.82, 2.24) is 9.55 Å². The van der Waals surface area contributed by atoms with Crippen LogP contribution in [0.4, 0.5) is 5.69 Å². The van der Waals surface area contributed by atoms with Gasteiger partial charge >= 0.3 is 0 Å². The molecule has 1 aromatic heterocycles. The van der Waals surface area contributed by atoms with E-state index in [2.05, 4.69) is 4.98 Å². The lowest BCUT2D eigenvalue weighted by Crippen LogP contribution is -2.24. The Morgan fingerprint density at radius 3 is 2.92 bits per heavy atom. The summed E-state index contributed by atoms with van der Waals surface area (Å²) >= 11 is 0. The maximum absolute atomic E-state index is 11.0. The van der Waals surface area contributed by atoms with E-state index in [1.807, 2.05) is 0 Å². The number of aliphatic hydroxyl groups is 1. The highest BCUT2D eigenvalue weighted by Crippen LogP contribution is 1.86. The maximum Gasteiger partial charge on any atom is 0.276 e. The molecule has 5 nitrogen and oxygen atoms in total. The second-order valence-corrected chi connectivity index (χ2v) is 2.07. The SMILES string of the molecule is Cl.Nc1cncn(CCO)c1=O. The van der Waals surface area contributed by atoms with Gasteiger partial charge in [-0.1, -0.05) is 0 Å². The van der Waals surface area contributed by atoms with Crippen LogP contribution in [0.25, 0.3) is 0 Å². The van der Waals surface area contributed by atoms with E-state index < -0.39 is 0 Å². The van der Waals surface area contributed by atoms with Crippen LogP contribution < -0.4 is 11.3 Å². The topological polar surface area (TPSA) is 81.1 Å². The first-order valence-electron chi connectivity index (χ1n) is 3.16. The van der Waals surface area contributed by atoms with E-state index in [1.54, 1.807) is 0 Å². The zero-order valence-corrected chi connectivity index (χ0v) is 7.12. The van der Waals surface area contributed by atoms with Crippen LogP contribution >= 0.6 is 12.4 Å². The molecule has 0 amide bonds. The fourth-order valence-electron chi connectivity index (χ4n) is 0.735. The molecule has 0 saturated heterocycles. The van der Waals surface area contributed by atoms with E-state index in [0.717, 1.165) is 0 Å². The molecule has 0 fully saturated rings. The van der Waals surface area contributed by atoms with Crippen LogP contribution in [0.3, 0.4) is 0 Å². The first-order chi connectivity index (χ1) is 5.25. The summed E-state index contributed by atoms with van der Waals surface area (Å²) in [5.74, 6) is 0. The number of hydrogen-bond donors (Lipinski definition) is 2. The van der Waals surface area contributed by atoms with Crippen molar-refractivity contribution in [2.24, 2.45) is 0 Å². The molecule has 0 spiro atoms. The van der Waals surface area contributed by atoms with Gasteiger partial charge in [-0.2, -0.15) is 0 Å². The van der Waals surface area contributed by atoms with Crippen LogP contribution in [-0.2, 0) is 6.54 Å². The minimum absolute atomic E-state index is 0. The minimum Gasteiger partial charge on any atom is -0.395 e. The fraction of sp³-hybridized carbons (Fsp3) is 0.333. The monoisotopic (exact) mass is 191 g/mol. The van der Waals surface area contributed by atoms with Crippen molar-refractivity contribution in [2.45, 2.75) is 6.54 Å². The first kappa shape index (κ1) is 10.9. The summed E-state index contributed by atoms with van der Waals surface area (Å²) in [5.41, 5.74) is 5.06. The minimum atomic E-state index is -0.311. The largest absolute Gasteiger partial charge is 0.395 e. The maximum atomic E-state index is 11.0. The van der Waals surface area contributed by atoms with Gasteiger partial charge in [0.25, 0.3) is 5.56 Å². The van der Waals surface area contributed by atoms with E-state index in [9.17, 15) is 4.79 Å². The number of halogens is 1. The molecule has 0 bridgehead atoms. The van der Waals surface area contributed by atoms with Gasteiger partial charge in [0.05, 0.1) is 25.7 Å². The molecular formula is C6H10ClN3O2. The van der Waals surface area contributed by atoms with Gasteiger partial charge in [0.2, 0.25) is 0 Å². The van der Waals surface area contributed by atoms with Crippen LogP contribution in [0.1, 0.15) is 0 Å². The molecule has 0 aliphatic heterocycles. The third kappa shape index (κ3) is 2.21. The predicted octanol–water partition coefficient (Wildman–Crippen LogP) is -0.760. The van der Waals surface area contributed by atoms with Gasteiger partial charge < -0.3 is 10.8 Å². The average Bonchev–Trinajstić information content (AvgIpc) is 1.99. The van der Waals surface area contributed by atoms with Gasteiger partial charge in [-0.25, -0.2) is 4.98 Å². The number of hydrogen-bond acceptors (Lipinski definition) is 4. The molecular weight excluding hydrogens is 182 g/mol. The number of aromatic nitrogens is 2. The lowest BCUT2D eigenvalue weighted by molar-refractivity contribution is 0.273. The fourth-order valence-corrected chi connectivity index (χ4v) is 0.735. The molecule has 1 heterocycles. The molecule has 0 radical (unpaired) electrons. The molecule has 0 atom stereocenters. The van der Waals surface area contributed by atoms with Crippen LogP contribution in [-0.4, -0.2) is 21.3 Å². The van der Waals surface area contributed by atoms with Crippen molar-refractivity contribution in [3.8, 4) is 0 Å². The van der Waals surface area contributed by atoms with Gasteiger partial charge in [-0.15, -0.1) is 12.4 Å². The van der Waals surface area contributed by atoms with Crippen molar-refractivity contribution < 1.29 is 5.11 Å². The number of nitrogen functional groups attached to an aromatic ring is 1. The molecule has 0 unspecified atom stereocenters. The Bertz CT molecular complexity index is 299. The van der Waals surface area contributed by atoms with Crippen LogP contribution in [0, 0.1) is 0 Å². The van der Waals surface area contributed by atoms with Crippen molar-refractivity contribution in [2.75, 3.05) is 12.3 Å². The highest BCUT2D eigenvalue weighted by atomic mass is 35.5. The Labute approximate surface area is 75.3 Å². The molecule has 0 aliphatic carbocycles. The molecule has 6 heteroatoms. The Hall–Kier alpha value is -1.07. The summed E-state index contributed by atoms with van der Waals surface area (Å²) in [4.78, 5) is 14.7. The number of aliphatic hydroxyl groups excluding tert-OH is 1. The third-order valence-electron chi connectivity index (χ3n) is 1.27. The van der Waals surface area contributed by atoms with Gasteiger partial charge in [-0.05, 0) is 0 Å². The van der Waals surface area contributed by atoms with E-state index in [-0.39, 0.29) is 36.8 Å². The van der Waals surface area contributed by atoms with E-state index in [0.29, 0.717) is 0 Å². The van der Waals surface area contributed by atoms with Crippen LogP contribution in [0.5, 0.6) is 0 Å². The third-order valence-corrected chi connectivity index (χ3v) is 1.27. The lowest BCUT2D eigenvalue weighted by atomic mass is 10.5. The second kappa shape index (κ2) is 4.74. The standard InChI is InChI=1S/C6H9N3O2.ClH/c7-5-3-8-4-9(1-2-10)6(5)11;/h3-4,10H,1-2,7H2;1H. The van der Waals surface area contributed by atoms with E-state index >= 15 is 0 Å². The molecule has 0 aliphatic rings. The molecule has 68 valence electrons. The number of nitrogens with two attached hydrogens (primary N) is 1. The zero-order valence-electron chi connectivity index (χ0n) is 6.30. The van der Waals surface area contributed by atoms with Gasteiger partial charge in [0.15, 0.2) is 0 Å². The highest BCUT2D eigenvalue weighted by molar-refractivity contribution is 5.85. The van der Waals surface area contributed by atoms with Crippen molar-refractivity contribution in [1.29, 1.82) is 0 Å². The summed E-state index contributed by atoms with van der Waals surface area (Å²) in [7, 11) is 0. The van der Waals surface area contributed by atoms with E-state index in [1.165, 1.54) is 17.1 Å². The normalized spacial score (nSPS) is 9.08. The molecule has 0 aromatic carbocycles. The van der Waals surface area contributed by atoms with Crippen molar-refractivity contribution in [3.63, 3.8) is 0 Å². The molecule has 12 heavy (non-hydrogen) atoms. The van der Waals surface area contributed by atoms with Gasteiger partial charge in [0.1, 0.15) is 5.69 Å². The first-order valence-corrected chi connectivity index (χ1v) is 3.16. The second-order valence-electron chi connectivity index (χ2n) is 2.07. The molecule has 0 saturated carbocycles. The average molecular weight is 192 g/mol. The van der Waals surface area contributed by atoms with Gasteiger partial charge in [0, 0.05) is 0 Å². The smallest absolute Gasteiger partial charge is 0.276 e.